The van der Waals surface area contributed by atoms with Gasteiger partial charge < -0.3 is 5.32 Å². The molecule has 1 amide bonds. The molecule has 0 atom stereocenters. The average molecular weight is 402 g/mol. The van der Waals surface area contributed by atoms with Crippen molar-refractivity contribution in [3.05, 3.63) is 54.1 Å². The van der Waals surface area contributed by atoms with E-state index in [9.17, 15) is 22.8 Å². The van der Waals surface area contributed by atoms with E-state index < -0.39 is 18.4 Å². The molecule has 1 N–H and O–H groups in total. The minimum atomic E-state index is -4.76. The Balaban J connectivity index is 1.75. The van der Waals surface area contributed by atoms with Gasteiger partial charge in [0.1, 0.15) is 0 Å². The lowest BCUT2D eigenvalue weighted by molar-refractivity contribution is -0.171. The molecule has 0 aliphatic carbocycles. The van der Waals surface area contributed by atoms with Crippen LogP contribution in [0.25, 0.3) is 11.1 Å². The van der Waals surface area contributed by atoms with Crippen molar-refractivity contribution < 1.29 is 22.8 Å². The summed E-state index contributed by atoms with van der Waals surface area (Å²) in [6.07, 6.45) is -3.22. The summed E-state index contributed by atoms with van der Waals surface area (Å²) in [5, 5.41) is 11.7. The third kappa shape index (κ3) is 7.41. The number of nitrogens with zero attached hydrogens (tertiary/aromatic N) is 1. The summed E-state index contributed by atoms with van der Waals surface area (Å²) in [5.74, 6) is -1.87. The van der Waals surface area contributed by atoms with E-state index >= 15 is 0 Å². The number of benzene rings is 2. The smallest absolute Gasteiger partial charge is 0.326 e. The number of nitriles is 1. The van der Waals surface area contributed by atoms with Gasteiger partial charge >= 0.3 is 6.18 Å². The second kappa shape index (κ2) is 10.4. The maximum atomic E-state index is 12.1. The molecule has 0 radical (unpaired) electrons. The van der Waals surface area contributed by atoms with E-state index in [1.165, 1.54) is 0 Å². The Morgan fingerprint density at radius 3 is 2.17 bits per heavy atom. The highest BCUT2D eigenvalue weighted by Crippen LogP contribution is 2.23. The molecule has 0 heterocycles. The van der Waals surface area contributed by atoms with E-state index in [1.807, 2.05) is 30.3 Å². The van der Waals surface area contributed by atoms with Crippen LogP contribution in [-0.2, 0) is 9.59 Å². The van der Waals surface area contributed by atoms with Gasteiger partial charge in [-0.2, -0.15) is 18.4 Å². The molecule has 152 valence electrons. The van der Waals surface area contributed by atoms with Crippen LogP contribution < -0.4 is 5.32 Å². The van der Waals surface area contributed by atoms with Gasteiger partial charge in [0.25, 0.3) is 0 Å². The molecular formula is C22H21F3N2O2. The van der Waals surface area contributed by atoms with Crippen molar-refractivity contribution in [3.63, 3.8) is 0 Å². The fourth-order valence-electron chi connectivity index (χ4n) is 2.80. The van der Waals surface area contributed by atoms with Crippen LogP contribution in [0.1, 0.15) is 44.1 Å². The van der Waals surface area contributed by atoms with E-state index in [-0.39, 0.29) is 18.7 Å². The zero-order valence-electron chi connectivity index (χ0n) is 15.8. The minimum absolute atomic E-state index is 0.173. The predicted molar refractivity (Wildman–Crippen MR) is 104 cm³/mol. The Kier molecular flexibility index (Phi) is 7.96. The lowest BCUT2D eigenvalue weighted by atomic mass is 10.0. The second-order valence-corrected chi connectivity index (χ2v) is 6.65. The first-order valence-corrected chi connectivity index (χ1v) is 9.30. The molecule has 0 fully saturated rings. The average Bonchev–Trinajstić information content (AvgIpc) is 2.70. The SMILES string of the molecule is N#Cc1ccc(-c2cccc(NC(=O)CCCCCCC(=O)C(F)(F)F)c2)cc1. The molecule has 2 rings (SSSR count). The number of nitrogens with one attached hydrogen (secondary N) is 1. The number of rotatable bonds is 9. The van der Waals surface area contributed by atoms with Gasteiger partial charge in [0.2, 0.25) is 11.7 Å². The van der Waals surface area contributed by atoms with Crippen molar-refractivity contribution in [2.24, 2.45) is 0 Å². The quantitative estimate of drug-likeness (QED) is 0.552. The summed E-state index contributed by atoms with van der Waals surface area (Å²) < 4.78 is 36.3. The van der Waals surface area contributed by atoms with E-state index in [1.54, 1.807) is 18.2 Å². The lowest BCUT2D eigenvalue weighted by Crippen LogP contribution is -2.22. The summed E-state index contributed by atoms with van der Waals surface area (Å²) in [6, 6.07) is 16.5. The first kappa shape index (κ1) is 22.2. The number of unbranched alkanes of at least 4 members (excludes halogenated alkanes) is 3. The van der Waals surface area contributed by atoms with E-state index in [0.29, 0.717) is 30.5 Å². The van der Waals surface area contributed by atoms with Gasteiger partial charge in [0, 0.05) is 18.5 Å². The lowest BCUT2D eigenvalue weighted by Gasteiger charge is -2.08. The first-order valence-electron chi connectivity index (χ1n) is 9.30. The van der Waals surface area contributed by atoms with Crippen LogP contribution in [0, 0.1) is 11.3 Å². The van der Waals surface area contributed by atoms with E-state index in [0.717, 1.165) is 11.1 Å². The summed E-state index contributed by atoms with van der Waals surface area (Å²) in [5.41, 5.74) is 3.05. The Bertz CT molecular complexity index is 884. The van der Waals surface area contributed by atoms with Crippen LogP contribution >= 0.6 is 0 Å². The molecule has 0 unspecified atom stereocenters. The highest BCUT2D eigenvalue weighted by Gasteiger charge is 2.36. The Hall–Kier alpha value is -3.14. The number of hydrogen-bond acceptors (Lipinski definition) is 3. The maximum absolute atomic E-state index is 12.1. The summed E-state index contributed by atoms with van der Waals surface area (Å²) in [6.45, 7) is 0. The third-order valence-corrected chi connectivity index (χ3v) is 4.37. The van der Waals surface area contributed by atoms with Crippen LogP contribution in [0.15, 0.2) is 48.5 Å². The van der Waals surface area contributed by atoms with Crippen LogP contribution in [0.3, 0.4) is 0 Å². The molecule has 7 heteroatoms. The van der Waals surface area contributed by atoms with Gasteiger partial charge in [0.15, 0.2) is 0 Å². The fraction of sp³-hybridized carbons (Fsp3) is 0.318. The molecule has 0 saturated heterocycles. The van der Waals surface area contributed by atoms with Gasteiger partial charge in [-0.05, 0) is 48.2 Å². The van der Waals surface area contributed by atoms with Crippen molar-refractivity contribution in [3.8, 4) is 17.2 Å². The minimum Gasteiger partial charge on any atom is -0.326 e. The molecule has 0 aromatic heterocycles. The third-order valence-electron chi connectivity index (χ3n) is 4.37. The summed E-state index contributed by atoms with van der Waals surface area (Å²) >= 11 is 0. The number of alkyl halides is 3. The van der Waals surface area contributed by atoms with Crippen molar-refractivity contribution in [1.82, 2.24) is 0 Å². The van der Waals surface area contributed by atoms with Crippen molar-refractivity contribution in [1.29, 1.82) is 5.26 Å². The van der Waals surface area contributed by atoms with Crippen molar-refractivity contribution >= 4 is 17.4 Å². The highest BCUT2D eigenvalue weighted by atomic mass is 19.4. The predicted octanol–water partition coefficient (Wildman–Crippen LogP) is 5.64. The molecule has 0 saturated carbocycles. The highest BCUT2D eigenvalue weighted by molar-refractivity contribution is 5.91. The van der Waals surface area contributed by atoms with Gasteiger partial charge in [-0.1, -0.05) is 37.1 Å². The van der Waals surface area contributed by atoms with Crippen molar-refractivity contribution in [2.75, 3.05) is 5.32 Å². The number of anilines is 1. The van der Waals surface area contributed by atoms with Crippen LogP contribution in [0.2, 0.25) is 0 Å². The van der Waals surface area contributed by atoms with Gasteiger partial charge in [-0.3, -0.25) is 9.59 Å². The van der Waals surface area contributed by atoms with Gasteiger partial charge in [-0.25, -0.2) is 0 Å². The number of carbonyl (C=O) groups is 2. The fourth-order valence-corrected chi connectivity index (χ4v) is 2.80. The number of halogens is 3. The standard InChI is InChI=1S/C22H21F3N2O2/c23-22(24,25)20(28)8-3-1-2-4-9-21(29)27-19-7-5-6-18(14-19)17-12-10-16(15-26)11-13-17/h5-7,10-14H,1-4,8-9H2,(H,27,29). The number of amides is 1. The molecular weight excluding hydrogens is 381 g/mol. The van der Waals surface area contributed by atoms with Crippen LogP contribution in [0.5, 0.6) is 0 Å². The molecule has 4 nitrogen and oxygen atoms in total. The maximum Gasteiger partial charge on any atom is 0.449 e. The zero-order valence-corrected chi connectivity index (χ0v) is 15.8. The molecule has 0 spiro atoms. The van der Waals surface area contributed by atoms with Crippen LogP contribution in [-0.4, -0.2) is 17.9 Å². The molecule has 0 bridgehead atoms. The van der Waals surface area contributed by atoms with Gasteiger partial charge in [-0.15, -0.1) is 0 Å². The molecule has 2 aromatic rings. The zero-order chi connectivity index (χ0) is 21.3. The van der Waals surface area contributed by atoms with Gasteiger partial charge in [0.05, 0.1) is 11.6 Å². The largest absolute Gasteiger partial charge is 0.449 e. The molecule has 2 aromatic carbocycles. The Morgan fingerprint density at radius 1 is 0.897 bits per heavy atom. The number of hydrogen-bond donors (Lipinski definition) is 1. The Morgan fingerprint density at radius 2 is 1.55 bits per heavy atom. The van der Waals surface area contributed by atoms with Crippen LogP contribution in [0.4, 0.5) is 18.9 Å². The second-order valence-electron chi connectivity index (χ2n) is 6.65. The number of carbonyl (C=O) groups excluding carboxylic acids is 2. The van der Waals surface area contributed by atoms with E-state index in [4.69, 9.17) is 5.26 Å². The summed E-state index contributed by atoms with van der Waals surface area (Å²) in [7, 11) is 0. The normalized spacial score (nSPS) is 11.0. The van der Waals surface area contributed by atoms with Crippen molar-refractivity contribution in [2.45, 2.75) is 44.7 Å². The molecule has 0 aliphatic rings. The number of Topliss-reactive ketones (excluding diaryl/α,β-unsaturated/α-hetero) is 1. The number of ketones is 1. The molecule has 29 heavy (non-hydrogen) atoms. The topological polar surface area (TPSA) is 70.0 Å². The molecule has 0 aliphatic heterocycles. The monoisotopic (exact) mass is 402 g/mol. The first-order chi connectivity index (χ1) is 13.8. The van der Waals surface area contributed by atoms with E-state index in [2.05, 4.69) is 11.4 Å². The summed E-state index contributed by atoms with van der Waals surface area (Å²) in [4.78, 5) is 22.8. The Labute approximate surface area is 167 Å².